The number of imidazole rings is 1. The van der Waals surface area contributed by atoms with Gasteiger partial charge < -0.3 is 20.3 Å². The lowest BCUT2D eigenvalue weighted by Gasteiger charge is -2.35. The third kappa shape index (κ3) is 3.72. The van der Waals surface area contributed by atoms with E-state index in [4.69, 9.17) is 5.73 Å². The van der Waals surface area contributed by atoms with Crippen LogP contribution >= 0.6 is 0 Å². The van der Waals surface area contributed by atoms with E-state index in [0.717, 1.165) is 5.52 Å². The number of fused-ring (bicyclic) bond motifs is 1. The first-order valence-corrected chi connectivity index (χ1v) is 9.47. The minimum absolute atomic E-state index is 0.129. The van der Waals surface area contributed by atoms with Gasteiger partial charge in [0.1, 0.15) is 0 Å². The molecule has 2 heterocycles. The Kier molecular flexibility index (Phi) is 5.04. The predicted molar refractivity (Wildman–Crippen MR) is 110 cm³/mol. The Morgan fingerprint density at radius 1 is 1.17 bits per heavy atom. The van der Waals surface area contributed by atoms with E-state index < -0.39 is 5.91 Å². The molecule has 4 rings (SSSR count). The molecule has 3 aromatic rings. The van der Waals surface area contributed by atoms with Crippen LogP contribution in [0, 0.1) is 0 Å². The van der Waals surface area contributed by atoms with E-state index in [0.29, 0.717) is 42.9 Å². The third-order valence-corrected chi connectivity index (χ3v) is 5.24. The van der Waals surface area contributed by atoms with E-state index >= 15 is 0 Å². The van der Waals surface area contributed by atoms with Crippen LogP contribution in [0.15, 0.2) is 48.5 Å². The maximum absolute atomic E-state index is 12.7. The fourth-order valence-corrected chi connectivity index (χ4v) is 3.60. The smallest absolute Gasteiger partial charge is 0.284 e. The standard InChI is InChI=1S/C21H23N5O3/c1-24(21(29)14-5-3-2-4-6-14)15-7-8-18-17(11-15)23-20(19(22)28)26(18)10-9-25-12-16(27)13-25/h2-8,11,16,27H,9-10,12-13H2,1H3,(H2,22,28). The maximum Gasteiger partial charge on any atom is 0.284 e. The number of nitrogens with zero attached hydrogens (tertiary/aromatic N) is 4. The highest BCUT2D eigenvalue weighted by Crippen LogP contribution is 2.24. The van der Waals surface area contributed by atoms with Gasteiger partial charge in [-0.2, -0.15) is 0 Å². The van der Waals surface area contributed by atoms with Crippen molar-refractivity contribution in [3.8, 4) is 0 Å². The summed E-state index contributed by atoms with van der Waals surface area (Å²) < 4.78 is 1.80. The quantitative estimate of drug-likeness (QED) is 0.652. The topological polar surface area (TPSA) is 105 Å². The predicted octanol–water partition coefficient (Wildman–Crippen LogP) is 1.09. The monoisotopic (exact) mass is 393 g/mol. The number of carbonyl (C=O) groups is 2. The Bertz CT molecular complexity index is 1060. The largest absolute Gasteiger partial charge is 0.390 e. The van der Waals surface area contributed by atoms with Crippen molar-refractivity contribution < 1.29 is 14.7 Å². The van der Waals surface area contributed by atoms with Gasteiger partial charge in [-0.05, 0) is 30.3 Å². The number of primary amides is 1. The number of likely N-dealkylation sites (tertiary alicyclic amines) is 1. The maximum atomic E-state index is 12.7. The number of aromatic nitrogens is 2. The molecule has 0 radical (unpaired) electrons. The lowest BCUT2D eigenvalue weighted by atomic mass is 10.2. The van der Waals surface area contributed by atoms with Gasteiger partial charge in [-0.1, -0.05) is 18.2 Å². The molecule has 8 heteroatoms. The van der Waals surface area contributed by atoms with Gasteiger partial charge in [-0.3, -0.25) is 14.5 Å². The average molecular weight is 393 g/mol. The molecule has 8 nitrogen and oxygen atoms in total. The summed E-state index contributed by atoms with van der Waals surface area (Å²) in [6, 6.07) is 14.5. The van der Waals surface area contributed by atoms with Gasteiger partial charge in [0.25, 0.3) is 11.8 Å². The van der Waals surface area contributed by atoms with Crippen molar-refractivity contribution in [1.82, 2.24) is 14.5 Å². The molecule has 1 aliphatic rings. The van der Waals surface area contributed by atoms with Gasteiger partial charge in [0.15, 0.2) is 5.82 Å². The Labute approximate surface area is 168 Å². The summed E-state index contributed by atoms with van der Waals surface area (Å²) in [5.74, 6) is -0.536. The number of amides is 2. The van der Waals surface area contributed by atoms with E-state index in [1.54, 1.807) is 34.7 Å². The van der Waals surface area contributed by atoms with Gasteiger partial charge in [0.2, 0.25) is 0 Å². The highest BCUT2D eigenvalue weighted by Gasteiger charge is 2.25. The lowest BCUT2D eigenvalue weighted by Crippen LogP contribution is -2.51. The number of anilines is 1. The number of rotatable bonds is 6. The number of hydrogen-bond donors (Lipinski definition) is 2. The molecule has 1 saturated heterocycles. The average Bonchev–Trinajstić information content (AvgIpc) is 3.08. The van der Waals surface area contributed by atoms with E-state index in [2.05, 4.69) is 9.88 Å². The molecular weight excluding hydrogens is 370 g/mol. The molecule has 3 N–H and O–H groups in total. The fourth-order valence-electron chi connectivity index (χ4n) is 3.60. The molecule has 1 fully saturated rings. The van der Waals surface area contributed by atoms with Gasteiger partial charge in [0.05, 0.1) is 17.1 Å². The minimum Gasteiger partial charge on any atom is -0.390 e. The lowest BCUT2D eigenvalue weighted by molar-refractivity contribution is 0.000598. The zero-order valence-electron chi connectivity index (χ0n) is 16.2. The number of aliphatic hydroxyl groups excluding tert-OH is 1. The van der Waals surface area contributed by atoms with Crippen LogP contribution < -0.4 is 10.6 Å². The summed E-state index contributed by atoms with van der Waals surface area (Å²) in [5.41, 5.74) is 8.19. The van der Waals surface area contributed by atoms with E-state index in [1.165, 1.54) is 0 Å². The van der Waals surface area contributed by atoms with Crippen LogP contribution in [0.1, 0.15) is 21.0 Å². The zero-order chi connectivity index (χ0) is 20.5. The summed E-state index contributed by atoms with van der Waals surface area (Å²) in [6.07, 6.45) is -0.273. The van der Waals surface area contributed by atoms with Crippen molar-refractivity contribution in [1.29, 1.82) is 0 Å². The minimum atomic E-state index is -0.597. The number of hydrogen-bond acceptors (Lipinski definition) is 5. The molecule has 0 aliphatic carbocycles. The van der Waals surface area contributed by atoms with Crippen molar-refractivity contribution in [3.63, 3.8) is 0 Å². The van der Waals surface area contributed by atoms with Crippen LogP contribution in [0.3, 0.4) is 0 Å². The SMILES string of the molecule is CN(C(=O)c1ccccc1)c1ccc2c(c1)nc(C(N)=O)n2CCN1CC(O)C1. The van der Waals surface area contributed by atoms with Crippen molar-refractivity contribution >= 4 is 28.5 Å². The number of aliphatic hydroxyl groups is 1. The first-order chi connectivity index (χ1) is 13.9. The molecular formula is C21H23N5O3. The Morgan fingerprint density at radius 2 is 1.90 bits per heavy atom. The Morgan fingerprint density at radius 3 is 2.55 bits per heavy atom. The molecule has 1 aromatic heterocycles. The Balaban J connectivity index is 1.62. The van der Waals surface area contributed by atoms with Crippen molar-refractivity contribution in [3.05, 3.63) is 59.9 Å². The molecule has 29 heavy (non-hydrogen) atoms. The third-order valence-electron chi connectivity index (χ3n) is 5.24. The summed E-state index contributed by atoms with van der Waals surface area (Å²) >= 11 is 0. The van der Waals surface area contributed by atoms with E-state index in [9.17, 15) is 14.7 Å². The molecule has 0 spiro atoms. The summed E-state index contributed by atoms with van der Waals surface area (Å²) in [4.78, 5) is 32.7. The molecule has 0 saturated carbocycles. The fraction of sp³-hybridized carbons (Fsp3) is 0.286. The van der Waals surface area contributed by atoms with Gasteiger partial charge in [-0.15, -0.1) is 0 Å². The van der Waals surface area contributed by atoms with Crippen molar-refractivity contribution in [2.24, 2.45) is 5.73 Å². The highest BCUT2D eigenvalue weighted by molar-refractivity contribution is 6.06. The molecule has 2 amide bonds. The summed E-state index contributed by atoms with van der Waals surface area (Å²) in [6.45, 7) is 2.50. The second-order valence-corrected chi connectivity index (χ2v) is 7.27. The van der Waals surface area contributed by atoms with Crippen LogP contribution in [-0.2, 0) is 6.54 Å². The first-order valence-electron chi connectivity index (χ1n) is 9.47. The number of benzene rings is 2. The molecule has 0 unspecified atom stereocenters. The van der Waals surface area contributed by atoms with Gasteiger partial charge >= 0.3 is 0 Å². The van der Waals surface area contributed by atoms with Crippen LogP contribution in [0.5, 0.6) is 0 Å². The van der Waals surface area contributed by atoms with Gasteiger partial charge in [-0.25, -0.2) is 4.98 Å². The zero-order valence-corrected chi connectivity index (χ0v) is 16.2. The molecule has 0 atom stereocenters. The molecule has 2 aromatic carbocycles. The Hall–Kier alpha value is -3.23. The summed E-state index contributed by atoms with van der Waals surface area (Å²) in [5, 5.41) is 9.43. The first kappa shape index (κ1) is 19.1. The van der Waals surface area contributed by atoms with E-state index in [-0.39, 0.29) is 17.8 Å². The second-order valence-electron chi connectivity index (χ2n) is 7.27. The van der Waals surface area contributed by atoms with E-state index in [1.807, 2.05) is 30.3 Å². The van der Waals surface area contributed by atoms with Crippen LogP contribution in [0.4, 0.5) is 5.69 Å². The number of carbonyl (C=O) groups excluding carboxylic acids is 2. The molecule has 150 valence electrons. The normalized spacial score (nSPS) is 14.7. The highest BCUT2D eigenvalue weighted by atomic mass is 16.3. The van der Waals surface area contributed by atoms with Gasteiger partial charge in [0, 0.05) is 44.5 Å². The summed E-state index contributed by atoms with van der Waals surface area (Å²) in [7, 11) is 1.71. The number of β-amino-alcohol motifs (C(OH)–C–C–N with tert-alkyl or cyclic N) is 1. The van der Waals surface area contributed by atoms with Crippen LogP contribution in [0.25, 0.3) is 11.0 Å². The van der Waals surface area contributed by atoms with Crippen molar-refractivity contribution in [2.75, 3.05) is 31.6 Å². The van der Waals surface area contributed by atoms with Crippen molar-refractivity contribution in [2.45, 2.75) is 12.6 Å². The second kappa shape index (κ2) is 7.65. The number of nitrogens with two attached hydrogens (primary N) is 1. The van der Waals surface area contributed by atoms with Crippen LogP contribution in [0.2, 0.25) is 0 Å². The molecule has 0 bridgehead atoms. The molecule has 1 aliphatic heterocycles. The van der Waals surface area contributed by atoms with Crippen LogP contribution in [-0.4, -0.2) is 64.2 Å².